The second-order valence-electron chi connectivity index (χ2n) is 12.1. The van der Waals surface area contributed by atoms with Crippen LogP contribution in [0.3, 0.4) is 0 Å². The van der Waals surface area contributed by atoms with Crippen LogP contribution < -0.4 is 15.4 Å². The number of non-ortho nitro benzene ring substituents is 1. The number of nitrogens with one attached hydrogen (secondary N) is 2. The maximum absolute atomic E-state index is 14.0. The zero-order valence-corrected chi connectivity index (χ0v) is 24.0. The third-order valence-corrected chi connectivity index (χ3v) is 7.66. The minimum absolute atomic E-state index is 0.0101. The number of rotatable bonds is 5. The van der Waals surface area contributed by atoms with Crippen molar-refractivity contribution in [1.82, 2.24) is 15.5 Å². The molecule has 1 aromatic carbocycles. The van der Waals surface area contributed by atoms with Crippen molar-refractivity contribution in [2.24, 2.45) is 5.92 Å². The van der Waals surface area contributed by atoms with Crippen molar-refractivity contribution in [1.29, 1.82) is 0 Å². The second-order valence-corrected chi connectivity index (χ2v) is 12.1. The highest BCUT2D eigenvalue weighted by Gasteiger charge is 2.61. The van der Waals surface area contributed by atoms with Gasteiger partial charge in [-0.1, -0.05) is 25.0 Å². The third kappa shape index (κ3) is 7.37. The predicted octanol–water partition coefficient (Wildman–Crippen LogP) is 3.32. The number of nitro benzene ring substituents is 1. The highest BCUT2D eigenvalue weighted by Crippen LogP contribution is 2.45. The van der Waals surface area contributed by atoms with Crippen LogP contribution in [-0.4, -0.2) is 74.7 Å². The molecule has 42 heavy (non-hydrogen) atoms. The maximum atomic E-state index is 14.0. The maximum Gasteiger partial charge on any atom is 0.408 e. The Labute approximate surface area is 243 Å². The molecule has 2 aliphatic heterocycles. The van der Waals surface area contributed by atoms with Gasteiger partial charge in [-0.2, -0.15) is 0 Å². The Morgan fingerprint density at radius 3 is 2.52 bits per heavy atom. The summed E-state index contributed by atoms with van der Waals surface area (Å²) in [5, 5.41) is 26.4. The fraction of sp³-hybridized carbons (Fsp3) is 0.586. The molecular weight excluding hydrogens is 548 g/mol. The molecule has 13 heteroatoms. The van der Waals surface area contributed by atoms with Crippen molar-refractivity contribution in [3.8, 4) is 5.75 Å². The molecule has 1 saturated heterocycles. The lowest BCUT2D eigenvalue weighted by Crippen LogP contribution is -2.56. The topological polar surface area (TPSA) is 177 Å². The average molecular weight is 587 g/mol. The molecular formula is C29H38N4O9. The van der Waals surface area contributed by atoms with Crippen molar-refractivity contribution in [3.63, 3.8) is 0 Å². The summed E-state index contributed by atoms with van der Waals surface area (Å²) < 4.78 is 11.4. The predicted molar refractivity (Wildman–Crippen MR) is 150 cm³/mol. The van der Waals surface area contributed by atoms with Crippen molar-refractivity contribution >= 4 is 29.6 Å². The molecule has 0 spiro atoms. The van der Waals surface area contributed by atoms with E-state index in [0.29, 0.717) is 18.6 Å². The first-order chi connectivity index (χ1) is 19.8. The van der Waals surface area contributed by atoms with E-state index in [1.807, 2.05) is 12.2 Å². The minimum Gasteiger partial charge on any atom is -0.488 e. The fourth-order valence-corrected chi connectivity index (χ4v) is 5.44. The summed E-state index contributed by atoms with van der Waals surface area (Å²) >= 11 is 0. The van der Waals surface area contributed by atoms with E-state index in [1.165, 1.54) is 29.2 Å². The number of hydrogen-bond donors (Lipinski definition) is 3. The first kappa shape index (κ1) is 30.8. The van der Waals surface area contributed by atoms with Gasteiger partial charge < -0.3 is 30.1 Å². The first-order valence-corrected chi connectivity index (χ1v) is 14.2. The number of benzene rings is 1. The molecule has 0 radical (unpaired) electrons. The summed E-state index contributed by atoms with van der Waals surface area (Å²) in [4.78, 5) is 64.3. The van der Waals surface area contributed by atoms with E-state index in [9.17, 15) is 34.4 Å². The molecule has 4 rings (SSSR count). The molecule has 2 heterocycles. The second kappa shape index (κ2) is 12.4. The van der Waals surface area contributed by atoms with Crippen LogP contribution in [0.5, 0.6) is 5.75 Å². The number of allylic oxidation sites excluding steroid dienone is 1. The molecule has 3 N–H and O–H groups in total. The Kier molecular flexibility index (Phi) is 9.07. The molecule has 228 valence electrons. The summed E-state index contributed by atoms with van der Waals surface area (Å²) in [6.45, 7) is 5.12. The molecule has 2 fully saturated rings. The van der Waals surface area contributed by atoms with Gasteiger partial charge in [-0.15, -0.1) is 0 Å². The van der Waals surface area contributed by atoms with Crippen LogP contribution in [0.15, 0.2) is 36.4 Å². The highest BCUT2D eigenvalue weighted by molar-refractivity contribution is 5.96. The number of aliphatic carboxylic acids is 1. The normalized spacial score (nSPS) is 28.3. The molecule has 1 aliphatic carbocycles. The van der Waals surface area contributed by atoms with E-state index in [0.717, 1.165) is 19.3 Å². The molecule has 0 bridgehead atoms. The Balaban J connectivity index is 1.60. The SMILES string of the molecule is CC(C)(C)OC(=O)N[C@H]1CCCCCC=C[C@@H]2C[C@@]2(C(=O)O)NC(=O)[C@@H]2C[C@@H](Oc3ccc([N+](=O)[O-])cc3)CN2C1=O. The molecule has 1 aromatic rings. The number of fused-ring (bicyclic) bond motifs is 2. The number of hydrogen-bond acceptors (Lipinski definition) is 8. The van der Waals surface area contributed by atoms with E-state index in [2.05, 4.69) is 10.6 Å². The number of nitrogens with zero attached hydrogens (tertiary/aromatic N) is 2. The molecule has 0 aromatic heterocycles. The van der Waals surface area contributed by atoms with Gasteiger partial charge in [-0.3, -0.25) is 19.7 Å². The van der Waals surface area contributed by atoms with E-state index in [-0.39, 0.29) is 31.0 Å². The lowest BCUT2D eigenvalue weighted by molar-refractivity contribution is -0.384. The molecule has 5 atom stereocenters. The standard InChI is InChI=1S/C29H38N4O9/c1-28(2,3)42-27(38)30-22-10-8-6-4-5-7-9-18-16-29(18,26(36)37)31-24(34)23-15-21(17-32(23)25(22)35)41-20-13-11-19(12-14-20)33(39)40/h7,9,11-14,18,21-23H,4-6,8,10,15-17H2,1-3H3,(H,30,38)(H,31,34)(H,36,37)/t18-,21-,22+,23+,29-/m1/s1. The Bertz CT molecular complexity index is 1240. The van der Waals surface area contributed by atoms with Gasteiger partial charge in [0.1, 0.15) is 35.1 Å². The summed E-state index contributed by atoms with van der Waals surface area (Å²) in [7, 11) is 0. The van der Waals surface area contributed by atoms with Crippen LogP contribution in [0, 0.1) is 16.0 Å². The smallest absolute Gasteiger partial charge is 0.408 e. The number of carboxylic acid groups (broad SMARTS) is 1. The number of ether oxygens (including phenoxy) is 2. The Hall–Kier alpha value is -4.16. The number of nitro groups is 1. The van der Waals surface area contributed by atoms with Gasteiger partial charge >= 0.3 is 12.1 Å². The summed E-state index contributed by atoms with van der Waals surface area (Å²) in [6.07, 6.45) is 5.94. The van der Waals surface area contributed by atoms with Crippen LogP contribution >= 0.6 is 0 Å². The van der Waals surface area contributed by atoms with Crippen LogP contribution in [0.2, 0.25) is 0 Å². The lowest BCUT2D eigenvalue weighted by atomic mass is 10.0. The third-order valence-electron chi connectivity index (χ3n) is 7.66. The average Bonchev–Trinajstić information content (AvgIpc) is 3.44. The highest BCUT2D eigenvalue weighted by atomic mass is 16.6. The first-order valence-electron chi connectivity index (χ1n) is 14.2. The molecule has 13 nitrogen and oxygen atoms in total. The largest absolute Gasteiger partial charge is 0.488 e. The number of alkyl carbamates (subject to hydrolysis) is 1. The van der Waals surface area contributed by atoms with Crippen LogP contribution in [0.1, 0.15) is 65.7 Å². The monoisotopic (exact) mass is 586 g/mol. The van der Waals surface area contributed by atoms with Gasteiger partial charge in [-0.05, 0) is 58.6 Å². The quantitative estimate of drug-likeness (QED) is 0.265. The van der Waals surface area contributed by atoms with E-state index in [4.69, 9.17) is 9.47 Å². The summed E-state index contributed by atoms with van der Waals surface area (Å²) in [5.41, 5.74) is -2.35. The number of carbonyl (C=O) groups excluding carboxylic acids is 3. The van der Waals surface area contributed by atoms with E-state index < -0.39 is 58.1 Å². The van der Waals surface area contributed by atoms with E-state index in [1.54, 1.807) is 20.8 Å². The van der Waals surface area contributed by atoms with Crippen molar-refractivity contribution in [2.45, 2.75) is 95.0 Å². The van der Waals surface area contributed by atoms with Gasteiger partial charge in [0.2, 0.25) is 11.8 Å². The van der Waals surface area contributed by atoms with Gasteiger partial charge in [0, 0.05) is 24.5 Å². The van der Waals surface area contributed by atoms with Crippen LogP contribution in [0.4, 0.5) is 10.5 Å². The zero-order chi connectivity index (χ0) is 30.7. The molecule has 3 aliphatic rings. The van der Waals surface area contributed by atoms with Crippen molar-refractivity contribution in [3.05, 3.63) is 46.5 Å². The molecule has 3 amide bonds. The van der Waals surface area contributed by atoms with Gasteiger partial charge in [0.05, 0.1) is 11.5 Å². The van der Waals surface area contributed by atoms with E-state index >= 15 is 0 Å². The van der Waals surface area contributed by atoms with Crippen LogP contribution in [-0.2, 0) is 19.1 Å². The number of carbonyl (C=O) groups is 4. The van der Waals surface area contributed by atoms with Gasteiger partial charge in [0.25, 0.3) is 5.69 Å². The minimum atomic E-state index is -1.45. The molecule has 1 saturated carbocycles. The van der Waals surface area contributed by atoms with Gasteiger partial charge in [-0.25, -0.2) is 9.59 Å². The van der Waals surface area contributed by atoms with Gasteiger partial charge in [0.15, 0.2) is 0 Å². The van der Waals surface area contributed by atoms with Crippen molar-refractivity contribution < 1.29 is 38.7 Å². The Morgan fingerprint density at radius 1 is 1.17 bits per heavy atom. The Morgan fingerprint density at radius 2 is 1.88 bits per heavy atom. The fourth-order valence-electron chi connectivity index (χ4n) is 5.44. The lowest BCUT2D eigenvalue weighted by Gasteiger charge is -2.30. The number of carboxylic acids is 1. The summed E-state index contributed by atoms with van der Waals surface area (Å²) in [6, 6.07) is 3.41. The zero-order valence-electron chi connectivity index (χ0n) is 24.0. The van der Waals surface area contributed by atoms with Crippen LogP contribution in [0.25, 0.3) is 0 Å². The number of amides is 3. The van der Waals surface area contributed by atoms with Crippen molar-refractivity contribution in [2.75, 3.05) is 6.54 Å². The summed E-state index contributed by atoms with van der Waals surface area (Å²) in [5.74, 6) is -2.31. The molecule has 0 unspecified atom stereocenters.